The van der Waals surface area contributed by atoms with Crippen molar-refractivity contribution in [1.29, 1.82) is 0 Å². The molecule has 0 aromatic carbocycles. The van der Waals surface area contributed by atoms with E-state index in [1.807, 2.05) is 0 Å². The van der Waals surface area contributed by atoms with Crippen LogP contribution in [0.25, 0.3) is 0 Å². The van der Waals surface area contributed by atoms with E-state index in [4.69, 9.17) is 9.05 Å². The van der Waals surface area contributed by atoms with Crippen molar-refractivity contribution >= 4 is 7.60 Å². The molecule has 0 aromatic heterocycles. The van der Waals surface area contributed by atoms with Crippen LogP contribution >= 0.6 is 7.60 Å². The maximum absolute atomic E-state index is 13.0. The van der Waals surface area contributed by atoms with Crippen LogP contribution in [0.2, 0.25) is 0 Å². The molecule has 0 bridgehead atoms. The third-order valence-electron chi connectivity index (χ3n) is 3.78. The van der Waals surface area contributed by atoms with Gasteiger partial charge < -0.3 is 14.2 Å². The molecule has 0 heterocycles. The molecule has 1 unspecified atom stereocenters. The average molecular weight is 290 g/mol. The summed E-state index contributed by atoms with van der Waals surface area (Å²) in [4.78, 5) is 0. The minimum Gasteiger partial charge on any atom is -0.377 e. The maximum atomic E-state index is 13.0. The van der Waals surface area contributed by atoms with E-state index >= 15 is 0 Å². The Balaban J connectivity index is 3.05. The molecule has 1 saturated carbocycles. The largest absolute Gasteiger partial charge is 0.377 e. The van der Waals surface area contributed by atoms with E-state index in [2.05, 4.69) is 6.58 Å². The molecule has 1 aliphatic rings. The first-order chi connectivity index (χ1) is 9.04. The highest BCUT2D eigenvalue weighted by atomic mass is 31.2. The Kier molecular flexibility index (Phi) is 6.75. The van der Waals surface area contributed by atoms with E-state index in [1.54, 1.807) is 19.9 Å². The lowest BCUT2D eigenvalue weighted by atomic mass is 9.83. The first-order valence-electron chi connectivity index (χ1n) is 7.26. The van der Waals surface area contributed by atoms with Crippen LogP contribution in [0.1, 0.15) is 52.4 Å². The molecule has 1 rings (SSSR count). The highest BCUT2D eigenvalue weighted by Gasteiger charge is 2.53. The Morgan fingerprint density at radius 3 is 2.21 bits per heavy atom. The summed E-state index contributed by atoms with van der Waals surface area (Å²) in [5.41, 5.74) is 0. The van der Waals surface area contributed by atoms with Crippen LogP contribution < -0.4 is 0 Å². The van der Waals surface area contributed by atoms with Gasteiger partial charge in [0.05, 0.1) is 13.2 Å². The van der Waals surface area contributed by atoms with Gasteiger partial charge in [-0.3, -0.25) is 4.57 Å². The molecule has 1 atom stereocenters. The molecule has 1 aliphatic carbocycles. The van der Waals surface area contributed by atoms with Gasteiger partial charge in [-0.05, 0) is 32.6 Å². The van der Waals surface area contributed by atoms with Crippen molar-refractivity contribution in [1.82, 2.24) is 0 Å². The molecule has 0 aromatic rings. The van der Waals surface area contributed by atoms with Crippen molar-refractivity contribution in [2.24, 2.45) is 5.92 Å². The van der Waals surface area contributed by atoms with E-state index < -0.39 is 12.9 Å². The van der Waals surface area contributed by atoms with Crippen LogP contribution in [0.4, 0.5) is 0 Å². The quantitative estimate of drug-likeness (QED) is 0.540. The van der Waals surface area contributed by atoms with E-state index in [1.165, 1.54) is 6.42 Å². The third-order valence-corrected chi connectivity index (χ3v) is 6.47. The van der Waals surface area contributed by atoms with Crippen molar-refractivity contribution < 1.29 is 18.7 Å². The maximum Gasteiger partial charge on any atom is 0.362 e. The molecular formula is C14H27O4P. The van der Waals surface area contributed by atoms with Gasteiger partial charge in [0.2, 0.25) is 0 Å². The Morgan fingerprint density at radius 1 is 1.26 bits per heavy atom. The number of hydrogen-bond donors (Lipinski definition) is 1. The molecule has 1 N–H and O–H groups in total. The SMILES string of the molecule is C=CCC(O)(C1CCCCC1)P(=O)(OCC)OCC. The van der Waals surface area contributed by atoms with Gasteiger partial charge in [-0.15, -0.1) is 6.58 Å². The molecule has 19 heavy (non-hydrogen) atoms. The lowest BCUT2D eigenvalue weighted by Crippen LogP contribution is -2.40. The minimum atomic E-state index is -3.54. The van der Waals surface area contributed by atoms with Crippen LogP contribution in [0.5, 0.6) is 0 Å². The average Bonchev–Trinajstić information content (AvgIpc) is 2.40. The molecule has 5 heteroatoms. The van der Waals surface area contributed by atoms with Crippen molar-refractivity contribution in [3.63, 3.8) is 0 Å². The lowest BCUT2D eigenvalue weighted by Gasteiger charge is -2.41. The standard InChI is InChI=1S/C14H27O4P/c1-4-12-14(15,13-10-8-7-9-11-13)19(16,17-5-2)18-6-3/h4,13,15H,1,5-12H2,2-3H3. The van der Waals surface area contributed by atoms with E-state index in [0.717, 1.165) is 25.7 Å². The van der Waals surface area contributed by atoms with Crippen LogP contribution in [-0.2, 0) is 13.6 Å². The molecule has 0 amide bonds. The van der Waals surface area contributed by atoms with Crippen LogP contribution in [0.3, 0.4) is 0 Å². The summed E-state index contributed by atoms with van der Waals surface area (Å²) in [6.45, 7) is 7.75. The fraction of sp³-hybridized carbons (Fsp3) is 0.857. The third kappa shape index (κ3) is 3.69. The zero-order valence-corrected chi connectivity index (χ0v) is 13.0. The van der Waals surface area contributed by atoms with E-state index in [0.29, 0.717) is 0 Å². The summed E-state index contributed by atoms with van der Waals surface area (Å²) in [5.74, 6) is -0.0387. The summed E-state index contributed by atoms with van der Waals surface area (Å²) in [5, 5.41) is 9.60. The number of aliphatic hydroxyl groups is 1. The summed E-state index contributed by atoms with van der Waals surface area (Å²) in [6.07, 6.45) is 6.89. The second kappa shape index (κ2) is 7.58. The predicted molar refractivity (Wildman–Crippen MR) is 77.2 cm³/mol. The first-order valence-corrected chi connectivity index (χ1v) is 8.80. The monoisotopic (exact) mass is 290 g/mol. The van der Waals surface area contributed by atoms with E-state index in [9.17, 15) is 9.67 Å². The van der Waals surface area contributed by atoms with Gasteiger partial charge in [0.15, 0.2) is 5.34 Å². The molecule has 1 fully saturated rings. The lowest BCUT2D eigenvalue weighted by molar-refractivity contribution is 0.00717. The zero-order chi connectivity index (χ0) is 14.4. The van der Waals surface area contributed by atoms with Crippen molar-refractivity contribution in [2.45, 2.75) is 57.7 Å². The highest BCUT2D eigenvalue weighted by molar-refractivity contribution is 7.55. The fourth-order valence-electron chi connectivity index (χ4n) is 2.88. The minimum absolute atomic E-state index is 0.0387. The summed E-state index contributed by atoms with van der Waals surface area (Å²) < 4.78 is 23.7. The zero-order valence-electron chi connectivity index (χ0n) is 12.1. The highest BCUT2D eigenvalue weighted by Crippen LogP contribution is 2.65. The second-order valence-electron chi connectivity index (χ2n) is 5.04. The topological polar surface area (TPSA) is 55.8 Å². The van der Waals surface area contributed by atoms with Gasteiger partial charge in [-0.25, -0.2) is 0 Å². The van der Waals surface area contributed by atoms with Gasteiger partial charge in [-0.2, -0.15) is 0 Å². The summed E-state index contributed by atoms with van der Waals surface area (Å²) >= 11 is 0. The smallest absolute Gasteiger partial charge is 0.362 e. The predicted octanol–water partition coefficient (Wildman–Crippen LogP) is 4.10. The molecular weight excluding hydrogens is 263 g/mol. The Bertz CT molecular complexity index is 315. The normalized spacial score (nSPS) is 21.0. The van der Waals surface area contributed by atoms with Crippen molar-refractivity contribution in [2.75, 3.05) is 13.2 Å². The molecule has 0 radical (unpaired) electrons. The van der Waals surface area contributed by atoms with Crippen LogP contribution in [0.15, 0.2) is 12.7 Å². The molecule has 112 valence electrons. The van der Waals surface area contributed by atoms with Crippen molar-refractivity contribution in [3.8, 4) is 0 Å². The molecule has 4 nitrogen and oxygen atoms in total. The Morgan fingerprint density at radius 2 is 1.79 bits per heavy atom. The van der Waals surface area contributed by atoms with Gasteiger partial charge in [-0.1, -0.05) is 25.3 Å². The van der Waals surface area contributed by atoms with Gasteiger partial charge in [0.1, 0.15) is 0 Å². The van der Waals surface area contributed by atoms with Gasteiger partial charge in [0, 0.05) is 6.42 Å². The molecule has 0 aliphatic heterocycles. The van der Waals surface area contributed by atoms with Crippen molar-refractivity contribution in [3.05, 3.63) is 12.7 Å². The molecule has 0 spiro atoms. The fourth-order valence-corrected chi connectivity index (χ4v) is 5.14. The summed E-state index contributed by atoms with van der Waals surface area (Å²) in [7, 11) is -3.54. The number of hydrogen-bond acceptors (Lipinski definition) is 4. The molecule has 0 saturated heterocycles. The van der Waals surface area contributed by atoms with E-state index in [-0.39, 0.29) is 25.6 Å². The van der Waals surface area contributed by atoms with Crippen LogP contribution in [-0.4, -0.2) is 23.7 Å². The first kappa shape index (κ1) is 16.9. The Labute approximate surface area is 116 Å². The van der Waals surface area contributed by atoms with Gasteiger partial charge >= 0.3 is 7.60 Å². The number of rotatable bonds is 8. The van der Waals surface area contributed by atoms with Gasteiger partial charge in [0.25, 0.3) is 0 Å². The van der Waals surface area contributed by atoms with Crippen LogP contribution in [0, 0.1) is 5.92 Å². The summed E-state index contributed by atoms with van der Waals surface area (Å²) in [6, 6.07) is 0. The Hall–Kier alpha value is -0.150. The second-order valence-corrected chi connectivity index (χ2v) is 7.33.